The predicted molar refractivity (Wildman–Crippen MR) is 115 cm³/mol. The number of nitrogens with two attached hydrogens (primary N) is 1. The summed E-state index contributed by atoms with van der Waals surface area (Å²) in [6.45, 7) is 1.28. The van der Waals surface area contributed by atoms with E-state index in [1.54, 1.807) is 12.1 Å². The van der Waals surface area contributed by atoms with Crippen LogP contribution in [-0.2, 0) is 6.42 Å². The summed E-state index contributed by atoms with van der Waals surface area (Å²) in [7, 11) is 0. The number of aliphatic hydroxyl groups is 1. The zero-order valence-corrected chi connectivity index (χ0v) is 16.0. The van der Waals surface area contributed by atoms with Crippen molar-refractivity contribution in [3.63, 3.8) is 0 Å². The highest BCUT2D eigenvalue weighted by molar-refractivity contribution is 6.05. The minimum absolute atomic E-state index is 0.0376. The smallest absolute Gasteiger partial charge is 0.255 e. The van der Waals surface area contributed by atoms with E-state index in [4.69, 9.17) is 5.73 Å². The molecule has 0 unspecified atom stereocenters. The fraction of sp³-hybridized carbons (Fsp3) is 0.174. The minimum Gasteiger partial charge on any atom is -0.397 e. The van der Waals surface area contributed by atoms with Crippen LogP contribution < -0.4 is 16.0 Å². The number of hydrogen-bond donors (Lipinski definition) is 3. The Morgan fingerprint density at radius 1 is 1.00 bits per heavy atom. The molecule has 0 aliphatic rings. The fourth-order valence-electron chi connectivity index (χ4n) is 3.05. The van der Waals surface area contributed by atoms with E-state index < -0.39 is 5.82 Å². The van der Waals surface area contributed by atoms with Gasteiger partial charge in [0.05, 0.1) is 18.0 Å². The molecule has 3 rings (SSSR count). The Bertz CT molecular complexity index is 946. The zero-order valence-electron chi connectivity index (χ0n) is 16.0. The molecule has 3 aromatic rings. The Morgan fingerprint density at radius 3 is 2.41 bits per heavy atom. The van der Waals surface area contributed by atoms with Crippen molar-refractivity contribution in [2.24, 2.45) is 0 Å². The van der Waals surface area contributed by atoms with Crippen molar-refractivity contribution in [2.45, 2.75) is 6.42 Å². The largest absolute Gasteiger partial charge is 0.397 e. The molecule has 0 bridgehead atoms. The van der Waals surface area contributed by atoms with Crippen molar-refractivity contribution >= 4 is 23.0 Å². The first kappa shape index (κ1) is 20.4. The van der Waals surface area contributed by atoms with E-state index in [1.165, 1.54) is 23.8 Å². The highest BCUT2D eigenvalue weighted by Gasteiger charge is 2.11. The van der Waals surface area contributed by atoms with Crippen molar-refractivity contribution in [2.75, 3.05) is 35.6 Å². The van der Waals surface area contributed by atoms with Gasteiger partial charge in [-0.25, -0.2) is 4.39 Å². The molecule has 4 N–H and O–H groups in total. The Hall–Kier alpha value is -3.38. The quantitative estimate of drug-likeness (QED) is 0.510. The topological polar surface area (TPSA) is 78.6 Å². The first-order chi connectivity index (χ1) is 14.1. The van der Waals surface area contributed by atoms with Gasteiger partial charge in [-0.1, -0.05) is 30.3 Å². The van der Waals surface area contributed by atoms with Gasteiger partial charge in [0, 0.05) is 24.3 Å². The van der Waals surface area contributed by atoms with E-state index in [0.717, 1.165) is 18.7 Å². The number of aliphatic hydroxyl groups excluding tert-OH is 1. The lowest BCUT2D eigenvalue weighted by molar-refractivity contribution is 0.102. The maximum atomic E-state index is 13.4. The Morgan fingerprint density at radius 2 is 1.72 bits per heavy atom. The number of nitrogen functional groups attached to an aromatic ring is 1. The van der Waals surface area contributed by atoms with Crippen molar-refractivity contribution < 1.29 is 14.3 Å². The van der Waals surface area contributed by atoms with Crippen LogP contribution >= 0.6 is 0 Å². The van der Waals surface area contributed by atoms with Gasteiger partial charge in [-0.15, -0.1) is 0 Å². The number of halogens is 1. The van der Waals surface area contributed by atoms with Crippen molar-refractivity contribution in [3.8, 4) is 0 Å². The van der Waals surface area contributed by atoms with Crippen LogP contribution in [0.2, 0.25) is 0 Å². The van der Waals surface area contributed by atoms with Gasteiger partial charge in [-0.3, -0.25) is 4.79 Å². The van der Waals surface area contributed by atoms with Gasteiger partial charge >= 0.3 is 0 Å². The molecule has 29 heavy (non-hydrogen) atoms. The monoisotopic (exact) mass is 393 g/mol. The molecular weight excluding hydrogens is 369 g/mol. The highest BCUT2D eigenvalue weighted by Crippen LogP contribution is 2.21. The van der Waals surface area contributed by atoms with Crippen molar-refractivity contribution in [1.29, 1.82) is 0 Å². The second-order valence-electron chi connectivity index (χ2n) is 6.68. The summed E-state index contributed by atoms with van der Waals surface area (Å²) in [4.78, 5) is 14.5. The third-order valence-corrected chi connectivity index (χ3v) is 4.64. The number of nitrogens with zero attached hydrogens (tertiary/aromatic N) is 1. The molecule has 0 atom stereocenters. The van der Waals surface area contributed by atoms with Crippen molar-refractivity contribution in [3.05, 3.63) is 89.7 Å². The van der Waals surface area contributed by atoms with Gasteiger partial charge < -0.3 is 21.1 Å². The Balaban J connectivity index is 1.68. The van der Waals surface area contributed by atoms with Crippen LogP contribution in [0.3, 0.4) is 0 Å². The van der Waals surface area contributed by atoms with Crippen LogP contribution in [-0.4, -0.2) is 30.7 Å². The van der Waals surface area contributed by atoms with E-state index in [-0.39, 0.29) is 18.2 Å². The number of hydrogen-bond acceptors (Lipinski definition) is 4. The third-order valence-electron chi connectivity index (χ3n) is 4.64. The molecule has 0 spiro atoms. The second kappa shape index (κ2) is 9.71. The van der Waals surface area contributed by atoms with Crippen LogP contribution in [0.15, 0.2) is 72.8 Å². The van der Waals surface area contributed by atoms with Gasteiger partial charge in [-0.05, 0) is 54.4 Å². The number of rotatable bonds is 8. The molecule has 150 valence electrons. The normalized spacial score (nSPS) is 10.6. The summed E-state index contributed by atoms with van der Waals surface area (Å²) in [5.74, 6) is -0.838. The average molecular weight is 393 g/mol. The van der Waals surface area contributed by atoms with Gasteiger partial charge in [0.25, 0.3) is 5.91 Å². The number of benzene rings is 3. The maximum Gasteiger partial charge on any atom is 0.255 e. The number of carbonyl (C=O) groups is 1. The van der Waals surface area contributed by atoms with Crippen LogP contribution in [0.5, 0.6) is 0 Å². The molecule has 1 amide bonds. The zero-order chi connectivity index (χ0) is 20.6. The van der Waals surface area contributed by atoms with E-state index >= 15 is 0 Å². The van der Waals surface area contributed by atoms with E-state index in [2.05, 4.69) is 22.3 Å². The summed E-state index contributed by atoms with van der Waals surface area (Å²) < 4.78 is 13.4. The SMILES string of the molecule is Nc1ccc(F)cc1NC(=O)c1ccc(N(CCO)CCc2ccccc2)cc1. The summed E-state index contributed by atoms with van der Waals surface area (Å²) in [6.07, 6.45) is 0.849. The van der Waals surface area contributed by atoms with Crippen LogP contribution in [0.25, 0.3) is 0 Å². The Labute approximate surface area is 169 Å². The van der Waals surface area contributed by atoms with Crippen molar-refractivity contribution in [1.82, 2.24) is 0 Å². The number of anilines is 3. The van der Waals surface area contributed by atoms with Gasteiger partial charge in [0.15, 0.2) is 0 Å². The summed E-state index contributed by atoms with van der Waals surface area (Å²) in [6, 6.07) is 21.1. The average Bonchev–Trinajstić information content (AvgIpc) is 2.74. The maximum absolute atomic E-state index is 13.4. The Kier molecular flexibility index (Phi) is 6.81. The van der Waals surface area contributed by atoms with Gasteiger partial charge in [0.1, 0.15) is 5.82 Å². The van der Waals surface area contributed by atoms with Crippen LogP contribution in [0.4, 0.5) is 21.5 Å². The van der Waals surface area contributed by atoms with E-state index in [0.29, 0.717) is 17.8 Å². The first-order valence-corrected chi connectivity index (χ1v) is 9.43. The van der Waals surface area contributed by atoms with E-state index in [9.17, 15) is 14.3 Å². The van der Waals surface area contributed by atoms with Gasteiger partial charge in [-0.2, -0.15) is 0 Å². The molecule has 0 saturated heterocycles. The predicted octanol–water partition coefficient (Wildman–Crippen LogP) is 3.70. The van der Waals surface area contributed by atoms with E-state index in [1.807, 2.05) is 30.3 Å². The second-order valence-corrected chi connectivity index (χ2v) is 6.68. The lowest BCUT2D eigenvalue weighted by Crippen LogP contribution is -2.29. The van der Waals surface area contributed by atoms with Crippen LogP contribution in [0.1, 0.15) is 15.9 Å². The molecule has 0 aromatic heterocycles. The standard InChI is InChI=1S/C23H24FN3O2/c24-19-8-11-21(25)22(16-19)26-23(29)18-6-9-20(10-7-18)27(14-15-28)13-12-17-4-2-1-3-5-17/h1-11,16,28H,12-15,25H2,(H,26,29). The fourth-order valence-corrected chi connectivity index (χ4v) is 3.05. The van der Waals surface area contributed by atoms with Crippen LogP contribution in [0, 0.1) is 5.82 Å². The molecule has 0 saturated carbocycles. The summed E-state index contributed by atoms with van der Waals surface area (Å²) in [5.41, 5.74) is 8.89. The number of amides is 1. The summed E-state index contributed by atoms with van der Waals surface area (Å²) in [5, 5.41) is 12.0. The van der Waals surface area contributed by atoms with Gasteiger partial charge in [0.2, 0.25) is 0 Å². The number of carbonyl (C=O) groups excluding carboxylic acids is 1. The number of nitrogens with one attached hydrogen (secondary N) is 1. The minimum atomic E-state index is -0.470. The molecule has 5 nitrogen and oxygen atoms in total. The lowest BCUT2D eigenvalue weighted by Gasteiger charge is -2.24. The summed E-state index contributed by atoms with van der Waals surface area (Å²) >= 11 is 0. The molecule has 6 heteroatoms. The lowest BCUT2D eigenvalue weighted by atomic mass is 10.1. The molecule has 0 aliphatic carbocycles. The molecule has 0 aliphatic heterocycles. The molecule has 0 fully saturated rings. The highest BCUT2D eigenvalue weighted by atomic mass is 19.1. The molecule has 0 heterocycles. The first-order valence-electron chi connectivity index (χ1n) is 9.43. The molecular formula is C23H24FN3O2. The molecule has 3 aromatic carbocycles. The molecule has 0 radical (unpaired) electrons. The third kappa shape index (κ3) is 5.56.